The summed E-state index contributed by atoms with van der Waals surface area (Å²) in [4.78, 5) is 37.0. The Morgan fingerprint density at radius 2 is 1.93 bits per heavy atom. The number of hydrogen-bond donors (Lipinski definition) is 2. The number of ether oxygens (including phenoxy) is 1. The van der Waals surface area contributed by atoms with Crippen molar-refractivity contribution in [3.05, 3.63) is 24.3 Å². The first-order valence-electron chi connectivity index (χ1n) is 8.36. The number of benzene rings is 1. The molecule has 1 aliphatic heterocycles. The summed E-state index contributed by atoms with van der Waals surface area (Å²) >= 11 is 0. The van der Waals surface area contributed by atoms with Gasteiger partial charge in [0.2, 0.25) is 17.7 Å². The van der Waals surface area contributed by atoms with Crippen LogP contribution in [0.5, 0.6) is 0 Å². The van der Waals surface area contributed by atoms with E-state index in [-0.39, 0.29) is 29.2 Å². The average Bonchev–Trinajstić information content (AvgIpc) is 2.96. The van der Waals surface area contributed by atoms with E-state index in [1.807, 2.05) is 11.6 Å². The van der Waals surface area contributed by atoms with Crippen LogP contribution in [-0.4, -0.2) is 57.3 Å². The number of methoxy groups -OCH3 is 1. The fraction of sp³-hybridized carbons (Fsp3) is 0.471. The molecular formula is C17H23N3O6S. The van der Waals surface area contributed by atoms with Gasteiger partial charge in [-0.2, -0.15) is 0 Å². The van der Waals surface area contributed by atoms with Crippen LogP contribution in [0.3, 0.4) is 0 Å². The summed E-state index contributed by atoms with van der Waals surface area (Å²) in [5, 5.41) is 2.68. The highest BCUT2D eigenvalue weighted by atomic mass is 32.2. The van der Waals surface area contributed by atoms with Gasteiger partial charge in [0.15, 0.2) is 0 Å². The zero-order valence-corrected chi connectivity index (χ0v) is 16.2. The molecule has 0 radical (unpaired) electrons. The van der Waals surface area contributed by atoms with Crippen molar-refractivity contribution in [1.82, 2.24) is 9.62 Å². The molecule has 9 nitrogen and oxygen atoms in total. The molecule has 27 heavy (non-hydrogen) atoms. The Bertz CT molecular complexity index is 822. The summed E-state index contributed by atoms with van der Waals surface area (Å²) < 4.78 is 30.7. The number of carbonyl (C=O) groups is 3. The molecule has 148 valence electrons. The zero-order valence-electron chi connectivity index (χ0n) is 15.4. The lowest BCUT2D eigenvalue weighted by Crippen LogP contribution is -2.38. The molecule has 10 heteroatoms. The van der Waals surface area contributed by atoms with E-state index in [2.05, 4.69) is 5.32 Å². The molecule has 1 heterocycles. The van der Waals surface area contributed by atoms with Crippen molar-refractivity contribution < 1.29 is 27.5 Å². The van der Waals surface area contributed by atoms with E-state index >= 15 is 0 Å². The Balaban J connectivity index is 2.00. The molecule has 0 unspecified atom stereocenters. The first-order valence-corrected chi connectivity index (χ1v) is 9.85. The van der Waals surface area contributed by atoms with Gasteiger partial charge in [-0.05, 0) is 31.2 Å². The lowest BCUT2D eigenvalue weighted by molar-refractivity contribution is -0.130. The second-order valence-corrected chi connectivity index (χ2v) is 8.11. The van der Waals surface area contributed by atoms with Crippen LogP contribution in [0.4, 0.5) is 5.69 Å². The monoisotopic (exact) mass is 397 g/mol. The lowest BCUT2D eigenvalue weighted by Gasteiger charge is -2.23. The third kappa shape index (κ3) is 5.27. The van der Waals surface area contributed by atoms with Crippen molar-refractivity contribution in [1.29, 1.82) is 0 Å². The van der Waals surface area contributed by atoms with E-state index in [0.717, 1.165) is 6.92 Å². The fourth-order valence-corrected chi connectivity index (χ4v) is 3.86. The number of anilines is 1. The van der Waals surface area contributed by atoms with Crippen LogP contribution in [0.2, 0.25) is 0 Å². The van der Waals surface area contributed by atoms with Crippen LogP contribution in [0, 0.1) is 5.92 Å². The van der Waals surface area contributed by atoms with Crippen LogP contribution < -0.4 is 10.0 Å². The lowest BCUT2D eigenvalue weighted by atomic mass is 10.1. The van der Waals surface area contributed by atoms with Gasteiger partial charge in [0.1, 0.15) is 0 Å². The van der Waals surface area contributed by atoms with Crippen molar-refractivity contribution >= 4 is 33.4 Å². The molecular weight excluding hydrogens is 374 g/mol. The second-order valence-electron chi connectivity index (χ2n) is 6.43. The molecule has 0 aromatic heterocycles. The summed E-state index contributed by atoms with van der Waals surface area (Å²) in [6, 6.07) is 5.31. The maximum absolute atomic E-state index is 12.4. The highest BCUT2D eigenvalue weighted by molar-refractivity contribution is 7.90. The standard InChI is InChI=1S/C17H23N3O6S/c1-11(10-26-3)20-9-13(8-16(20)22)17(23)18-14-4-6-15(7-5-14)27(24,25)19-12(2)21/h4-7,11,13H,8-10H2,1-3H3,(H,18,23)(H,19,21)/t11-,13-/m1/s1. The zero-order chi connectivity index (χ0) is 20.2. The van der Waals surface area contributed by atoms with Crippen molar-refractivity contribution in [3.8, 4) is 0 Å². The summed E-state index contributed by atoms with van der Waals surface area (Å²) in [5.41, 5.74) is 0.401. The largest absolute Gasteiger partial charge is 0.383 e. The van der Waals surface area contributed by atoms with Gasteiger partial charge < -0.3 is 15.0 Å². The third-order valence-corrected chi connectivity index (χ3v) is 5.63. The van der Waals surface area contributed by atoms with E-state index < -0.39 is 21.8 Å². The van der Waals surface area contributed by atoms with Gasteiger partial charge in [-0.1, -0.05) is 0 Å². The molecule has 1 aromatic carbocycles. The number of nitrogens with one attached hydrogen (secondary N) is 2. The van der Waals surface area contributed by atoms with Crippen LogP contribution in [0.25, 0.3) is 0 Å². The van der Waals surface area contributed by atoms with E-state index in [1.165, 1.54) is 24.3 Å². The predicted molar refractivity (Wildman–Crippen MR) is 97.2 cm³/mol. The first-order chi connectivity index (χ1) is 12.6. The number of sulfonamides is 1. The van der Waals surface area contributed by atoms with Gasteiger partial charge in [-0.25, -0.2) is 13.1 Å². The summed E-state index contributed by atoms with van der Waals surface area (Å²) in [7, 11) is -2.37. The molecule has 0 spiro atoms. The molecule has 1 saturated heterocycles. The molecule has 1 aliphatic rings. The molecule has 2 rings (SSSR count). The minimum Gasteiger partial charge on any atom is -0.383 e. The highest BCUT2D eigenvalue weighted by Gasteiger charge is 2.36. The minimum absolute atomic E-state index is 0.0914. The molecule has 2 atom stereocenters. The fourth-order valence-electron chi connectivity index (χ4n) is 2.87. The third-order valence-electron chi connectivity index (χ3n) is 4.18. The molecule has 2 N–H and O–H groups in total. The van der Waals surface area contributed by atoms with E-state index in [9.17, 15) is 22.8 Å². The number of likely N-dealkylation sites (tertiary alicyclic amines) is 1. The van der Waals surface area contributed by atoms with Crippen LogP contribution in [0.15, 0.2) is 29.2 Å². The number of hydrogen-bond acceptors (Lipinski definition) is 6. The Morgan fingerprint density at radius 3 is 2.48 bits per heavy atom. The van der Waals surface area contributed by atoms with E-state index in [1.54, 1.807) is 12.0 Å². The van der Waals surface area contributed by atoms with Gasteiger partial charge in [0.05, 0.1) is 23.5 Å². The molecule has 1 fully saturated rings. The Kier molecular flexibility index (Phi) is 6.55. The van der Waals surface area contributed by atoms with Crippen molar-refractivity contribution in [2.45, 2.75) is 31.2 Å². The number of amides is 3. The molecule has 1 aromatic rings. The van der Waals surface area contributed by atoms with Crippen molar-refractivity contribution in [2.75, 3.05) is 25.6 Å². The SMILES string of the molecule is COC[C@@H](C)N1C[C@H](C(=O)Nc2ccc(S(=O)(=O)NC(C)=O)cc2)CC1=O. The summed E-state index contributed by atoms with van der Waals surface area (Å²) in [6.45, 7) is 3.66. The van der Waals surface area contributed by atoms with Crippen molar-refractivity contribution in [2.24, 2.45) is 5.92 Å². The Labute approximate surface area is 158 Å². The van der Waals surface area contributed by atoms with E-state index in [0.29, 0.717) is 18.8 Å². The summed E-state index contributed by atoms with van der Waals surface area (Å²) in [5.74, 6) is -1.59. The normalized spacial score (nSPS) is 18.3. The summed E-state index contributed by atoms with van der Waals surface area (Å²) in [6.07, 6.45) is 0.120. The van der Waals surface area contributed by atoms with Gasteiger partial charge in [-0.15, -0.1) is 0 Å². The maximum Gasteiger partial charge on any atom is 0.264 e. The second kappa shape index (κ2) is 8.49. The van der Waals surface area contributed by atoms with E-state index in [4.69, 9.17) is 4.74 Å². The highest BCUT2D eigenvalue weighted by Crippen LogP contribution is 2.22. The minimum atomic E-state index is -3.93. The first kappa shape index (κ1) is 20.8. The average molecular weight is 397 g/mol. The Hall–Kier alpha value is -2.46. The molecule has 0 saturated carbocycles. The molecule has 3 amide bonds. The number of rotatable bonds is 7. The topological polar surface area (TPSA) is 122 Å². The molecule has 0 bridgehead atoms. The van der Waals surface area contributed by atoms with Gasteiger partial charge in [-0.3, -0.25) is 14.4 Å². The number of carbonyl (C=O) groups excluding carboxylic acids is 3. The van der Waals surface area contributed by atoms with Crippen LogP contribution in [0.1, 0.15) is 20.3 Å². The Morgan fingerprint density at radius 1 is 1.30 bits per heavy atom. The number of nitrogens with zero attached hydrogens (tertiary/aromatic N) is 1. The van der Waals surface area contributed by atoms with Gasteiger partial charge in [0, 0.05) is 32.7 Å². The van der Waals surface area contributed by atoms with Crippen LogP contribution >= 0.6 is 0 Å². The van der Waals surface area contributed by atoms with Gasteiger partial charge in [0.25, 0.3) is 10.0 Å². The smallest absolute Gasteiger partial charge is 0.264 e. The quantitative estimate of drug-likeness (QED) is 0.684. The predicted octanol–water partition coefficient (Wildman–Crippen LogP) is 0.333. The molecule has 0 aliphatic carbocycles. The maximum atomic E-state index is 12.4. The van der Waals surface area contributed by atoms with Crippen LogP contribution in [-0.2, 0) is 29.1 Å². The van der Waals surface area contributed by atoms with Gasteiger partial charge >= 0.3 is 0 Å². The van der Waals surface area contributed by atoms with Crippen molar-refractivity contribution in [3.63, 3.8) is 0 Å².